The number of hydrogen-bond acceptors (Lipinski definition) is 5. The van der Waals surface area contributed by atoms with E-state index in [4.69, 9.17) is 4.42 Å². The lowest BCUT2D eigenvalue weighted by Gasteiger charge is -2.00. The van der Waals surface area contributed by atoms with E-state index in [1.54, 1.807) is 7.05 Å². The van der Waals surface area contributed by atoms with Gasteiger partial charge in [-0.3, -0.25) is 8.75 Å². The van der Waals surface area contributed by atoms with Gasteiger partial charge in [-0.25, -0.2) is 4.79 Å². The lowest BCUT2D eigenvalue weighted by atomic mass is 10.3. The second-order valence-corrected chi connectivity index (χ2v) is 4.89. The molecule has 2 rings (SSSR count). The van der Waals surface area contributed by atoms with E-state index in [-0.39, 0.29) is 10.5 Å². The lowest BCUT2D eigenvalue weighted by Crippen LogP contribution is -2.08. The predicted molar refractivity (Wildman–Crippen MR) is 55.6 cm³/mol. The van der Waals surface area contributed by atoms with E-state index in [1.165, 1.54) is 22.8 Å². The molecule has 0 spiro atoms. The molecule has 0 amide bonds. The summed E-state index contributed by atoms with van der Waals surface area (Å²) >= 11 is 0. The average Bonchev–Trinajstić information content (AvgIpc) is 2.54. The van der Waals surface area contributed by atoms with Crippen LogP contribution in [0.5, 0.6) is 0 Å². The van der Waals surface area contributed by atoms with Crippen LogP contribution in [0.1, 0.15) is 0 Å². The molecule has 16 heavy (non-hydrogen) atoms. The monoisotopic (exact) mass is 243 g/mol. The van der Waals surface area contributed by atoms with Crippen molar-refractivity contribution in [2.24, 2.45) is 7.05 Å². The summed E-state index contributed by atoms with van der Waals surface area (Å²) in [5, 5.41) is 0. The van der Waals surface area contributed by atoms with Crippen molar-refractivity contribution in [3.63, 3.8) is 0 Å². The Bertz CT molecular complexity index is 694. The fourth-order valence-corrected chi connectivity index (χ4v) is 2.04. The number of aromatic nitrogens is 1. The molecule has 0 unspecified atom stereocenters. The van der Waals surface area contributed by atoms with Gasteiger partial charge in [0.1, 0.15) is 0 Å². The van der Waals surface area contributed by atoms with Crippen LogP contribution >= 0.6 is 0 Å². The molecule has 0 N–H and O–H groups in total. The van der Waals surface area contributed by atoms with Gasteiger partial charge < -0.3 is 4.42 Å². The zero-order valence-electron chi connectivity index (χ0n) is 8.63. The Morgan fingerprint density at radius 3 is 2.69 bits per heavy atom. The highest BCUT2D eigenvalue weighted by atomic mass is 32.2. The van der Waals surface area contributed by atoms with Crippen LogP contribution in [0.25, 0.3) is 11.1 Å². The van der Waals surface area contributed by atoms with E-state index >= 15 is 0 Å². The molecule has 0 bridgehead atoms. The Balaban J connectivity index is 2.76. The van der Waals surface area contributed by atoms with Crippen molar-refractivity contribution in [3.8, 4) is 0 Å². The molecule has 0 saturated carbocycles. The fourth-order valence-electron chi connectivity index (χ4n) is 1.37. The maximum absolute atomic E-state index is 11.4. The standard InChI is InChI=1S/C9H9NO5S/c1-10-7-4-3-6(16(12,13)14-2)5-8(7)15-9(10)11/h3-5H,1-2H3. The molecule has 0 saturated heterocycles. The zero-order chi connectivity index (χ0) is 11.9. The predicted octanol–water partition coefficient (Wildman–Crippen LogP) is 0.467. The van der Waals surface area contributed by atoms with Crippen LogP contribution in [-0.4, -0.2) is 20.1 Å². The minimum absolute atomic E-state index is 0.0446. The summed E-state index contributed by atoms with van der Waals surface area (Å²) < 4.78 is 33.3. The van der Waals surface area contributed by atoms with Crippen molar-refractivity contribution in [1.29, 1.82) is 0 Å². The Kier molecular flexibility index (Phi) is 2.36. The van der Waals surface area contributed by atoms with E-state index in [0.29, 0.717) is 5.52 Å². The van der Waals surface area contributed by atoms with Crippen LogP contribution in [0.2, 0.25) is 0 Å². The number of aryl methyl sites for hydroxylation is 1. The first-order valence-corrected chi connectivity index (χ1v) is 5.77. The molecule has 1 aromatic carbocycles. The van der Waals surface area contributed by atoms with Crippen molar-refractivity contribution in [2.45, 2.75) is 4.90 Å². The van der Waals surface area contributed by atoms with E-state index in [1.807, 2.05) is 0 Å². The van der Waals surface area contributed by atoms with Gasteiger partial charge in [-0.2, -0.15) is 8.42 Å². The van der Waals surface area contributed by atoms with Crippen LogP contribution in [0.3, 0.4) is 0 Å². The van der Waals surface area contributed by atoms with Gasteiger partial charge >= 0.3 is 5.76 Å². The SMILES string of the molecule is COS(=O)(=O)c1ccc2c(c1)oc(=O)n2C. The number of rotatable bonds is 2. The first kappa shape index (κ1) is 10.9. The van der Waals surface area contributed by atoms with Gasteiger partial charge in [0.15, 0.2) is 5.58 Å². The first-order chi connectivity index (χ1) is 7.45. The van der Waals surface area contributed by atoms with Crippen LogP contribution in [0, 0.1) is 0 Å². The summed E-state index contributed by atoms with van der Waals surface area (Å²) in [6, 6.07) is 4.11. The Morgan fingerprint density at radius 2 is 2.06 bits per heavy atom. The third kappa shape index (κ3) is 1.54. The zero-order valence-corrected chi connectivity index (χ0v) is 9.45. The number of fused-ring (bicyclic) bond motifs is 1. The third-order valence-corrected chi connectivity index (χ3v) is 3.54. The van der Waals surface area contributed by atoms with Crippen molar-refractivity contribution >= 4 is 21.2 Å². The normalized spacial score (nSPS) is 12.1. The van der Waals surface area contributed by atoms with E-state index < -0.39 is 15.9 Å². The molecule has 0 aliphatic carbocycles. The van der Waals surface area contributed by atoms with Gasteiger partial charge in [-0.15, -0.1) is 0 Å². The summed E-state index contributed by atoms with van der Waals surface area (Å²) in [4.78, 5) is 11.1. The fraction of sp³-hybridized carbons (Fsp3) is 0.222. The minimum atomic E-state index is -3.76. The van der Waals surface area contributed by atoms with Crippen molar-refractivity contribution in [1.82, 2.24) is 4.57 Å². The molecule has 2 aromatic rings. The molecule has 86 valence electrons. The number of benzene rings is 1. The van der Waals surface area contributed by atoms with Crippen LogP contribution in [0.4, 0.5) is 0 Å². The number of hydrogen-bond donors (Lipinski definition) is 0. The van der Waals surface area contributed by atoms with Gasteiger partial charge in [0.2, 0.25) is 0 Å². The number of oxazole rings is 1. The molecular formula is C9H9NO5S. The Morgan fingerprint density at radius 1 is 1.38 bits per heavy atom. The van der Waals surface area contributed by atoms with Gasteiger partial charge in [0.25, 0.3) is 10.1 Å². The van der Waals surface area contributed by atoms with Gasteiger partial charge in [0.05, 0.1) is 17.5 Å². The van der Waals surface area contributed by atoms with Gasteiger partial charge in [-0.1, -0.05) is 0 Å². The largest absolute Gasteiger partial charge is 0.419 e. The molecular weight excluding hydrogens is 234 g/mol. The molecule has 7 heteroatoms. The van der Waals surface area contributed by atoms with Crippen LogP contribution in [0.15, 0.2) is 32.3 Å². The molecule has 1 aromatic heterocycles. The highest BCUT2D eigenvalue weighted by molar-refractivity contribution is 7.86. The molecule has 0 aliphatic heterocycles. The summed E-state index contributed by atoms with van der Waals surface area (Å²) in [6.45, 7) is 0. The smallest absolute Gasteiger partial charge is 0.408 e. The first-order valence-electron chi connectivity index (χ1n) is 4.36. The summed E-state index contributed by atoms with van der Waals surface area (Å²) in [5.74, 6) is -0.540. The van der Waals surface area contributed by atoms with Crippen molar-refractivity contribution < 1.29 is 17.0 Å². The average molecular weight is 243 g/mol. The second-order valence-electron chi connectivity index (χ2n) is 3.18. The highest BCUT2D eigenvalue weighted by Gasteiger charge is 2.15. The van der Waals surface area contributed by atoms with E-state index in [9.17, 15) is 13.2 Å². The van der Waals surface area contributed by atoms with Gasteiger partial charge in [-0.05, 0) is 12.1 Å². The summed E-state index contributed by atoms with van der Waals surface area (Å²) in [5.41, 5.74) is 0.741. The topological polar surface area (TPSA) is 78.5 Å². The third-order valence-electron chi connectivity index (χ3n) is 2.27. The van der Waals surface area contributed by atoms with Gasteiger partial charge in [0, 0.05) is 13.1 Å². The maximum Gasteiger partial charge on any atom is 0.419 e. The van der Waals surface area contributed by atoms with E-state index in [0.717, 1.165) is 7.11 Å². The van der Waals surface area contributed by atoms with Crippen LogP contribution in [-0.2, 0) is 21.3 Å². The van der Waals surface area contributed by atoms with E-state index in [2.05, 4.69) is 4.18 Å². The highest BCUT2D eigenvalue weighted by Crippen LogP contribution is 2.18. The molecule has 1 heterocycles. The maximum atomic E-state index is 11.4. The molecule has 0 atom stereocenters. The minimum Gasteiger partial charge on any atom is -0.408 e. The molecule has 0 radical (unpaired) electrons. The van der Waals surface area contributed by atoms with Crippen molar-refractivity contribution in [2.75, 3.05) is 7.11 Å². The van der Waals surface area contributed by atoms with Crippen LogP contribution < -0.4 is 5.76 Å². The lowest BCUT2D eigenvalue weighted by molar-refractivity contribution is 0.397. The number of nitrogens with zero attached hydrogens (tertiary/aromatic N) is 1. The summed E-state index contributed by atoms with van der Waals surface area (Å²) in [6.07, 6.45) is 0. The second kappa shape index (κ2) is 3.46. The Labute approximate surface area is 91.2 Å². The van der Waals surface area contributed by atoms with Crippen molar-refractivity contribution in [3.05, 3.63) is 28.7 Å². The Hall–Kier alpha value is -1.60. The summed E-state index contributed by atoms with van der Waals surface area (Å²) in [7, 11) is -1.15. The quantitative estimate of drug-likeness (QED) is 0.716. The molecule has 0 aliphatic rings. The molecule has 0 fully saturated rings. The molecule has 6 nitrogen and oxygen atoms in total.